The van der Waals surface area contributed by atoms with Crippen LogP contribution in [0.15, 0.2) is 136 Å². The molecule has 3 heterocycles. The molecule has 0 spiro atoms. The number of nitrogens with zero attached hydrogens (tertiary/aromatic N) is 1. The predicted octanol–water partition coefficient (Wildman–Crippen LogP) is 10.2. The van der Waals surface area contributed by atoms with Crippen LogP contribution in [0, 0.1) is 0 Å². The van der Waals surface area contributed by atoms with Crippen LogP contribution in [0.2, 0.25) is 0 Å². The number of para-hydroxylation sites is 5. The monoisotopic (exact) mass is 499 g/mol. The minimum absolute atomic E-state index is 0.869. The number of hydrogen-bond acceptors (Lipinski definition) is 2. The van der Waals surface area contributed by atoms with Crippen molar-refractivity contribution in [2.75, 3.05) is 0 Å². The number of hydrogen-bond donors (Lipinski definition) is 0. The summed E-state index contributed by atoms with van der Waals surface area (Å²) in [7, 11) is 0. The fourth-order valence-corrected chi connectivity index (χ4v) is 6.30. The van der Waals surface area contributed by atoms with Gasteiger partial charge in [-0.2, -0.15) is 0 Å². The average Bonchev–Trinajstić information content (AvgIpc) is 3.66. The molecule has 0 fully saturated rings. The Morgan fingerprint density at radius 1 is 0.385 bits per heavy atom. The van der Waals surface area contributed by atoms with Crippen LogP contribution in [0.5, 0.6) is 0 Å². The third kappa shape index (κ3) is 2.82. The molecule has 0 aliphatic rings. The minimum atomic E-state index is 0.869. The van der Waals surface area contributed by atoms with Gasteiger partial charge >= 0.3 is 0 Å². The van der Waals surface area contributed by atoms with Crippen LogP contribution in [0.1, 0.15) is 0 Å². The largest absolute Gasteiger partial charge is 0.455 e. The highest BCUT2D eigenvalue weighted by atomic mass is 16.3. The van der Waals surface area contributed by atoms with E-state index >= 15 is 0 Å². The van der Waals surface area contributed by atoms with E-state index in [1.807, 2.05) is 12.1 Å². The summed E-state index contributed by atoms with van der Waals surface area (Å²) in [5.41, 5.74) is 9.05. The molecule has 9 aromatic rings. The Morgan fingerprint density at radius 3 is 1.56 bits per heavy atom. The third-order valence-electron chi connectivity index (χ3n) is 8.02. The second-order valence-electron chi connectivity index (χ2n) is 10.1. The van der Waals surface area contributed by atoms with Crippen molar-refractivity contribution in [2.45, 2.75) is 0 Å². The molecular formula is C36H21NO2. The normalized spacial score (nSPS) is 12.1. The van der Waals surface area contributed by atoms with Gasteiger partial charge in [0, 0.05) is 55.2 Å². The van der Waals surface area contributed by atoms with Gasteiger partial charge in [0.05, 0.1) is 11.0 Å². The molecule has 0 saturated heterocycles. The summed E-state index contributed by atoms with van der Waals surface area (Å²) in [6, 6.07) is 44.6. The van der Waals surface area contributed by atoms with E-state index in [-0.39, 0.29) is 0 Å². The second kappa shape index (κ2) is 7.62. The van der Waals surface area contributed by atoms with E-state index in [4.69, 9.17) is 8.83 Å². The molecular weight excluding hydrogens is 478 g/mol. The smallest absolute Gasteiger partial charge is 0.143 e. The van der Waals surface area contributed by atoms with E-state index in [2.05, 4.69) is 120 Å². The van der Waals surface area contributed by atoms with Crippen molar-refractivity contribution in [1.82, 2.24) is 4.57 Å². The Kier molecular flexibility index (Phi) is 4.05. The third-order valence-corrected chi connectivity index (χ3v) is 8.02. The van der Waals surface area contributed by atoms with E-state index in [1.54, 1.807) is 0 Å². The molecule has 3 nitrogen and oxygen atoms in total. The predicted molar refractivity (Wildman–Crippen MR) is 161 cm³/mol. The number of furan rings is 2. The molecule has 9 rings (SSSR count). The average molecular weight is 500 g/mol. The lowest BCUT2D eigenvalue weighted by atomic mass is 10.00. The van der Waals surface area contributed by atoms with Gasteiger partial charge in [0.2, 0.25) is 0 Å². The first-order chi connectivity index (χ1) is 19.3. The standard InChI is InChI=1S/C36H21NO2/c1-4-16-31-23(9-1)24-10-2-5-17-32(24)37(31)22-19-20-26-28-13-8-15-30(36(28)39-34(26)21-22)29-14-7-12-27-25-11-3-6-18-33(25)38-35(27)29/h1-21H. The Morgan fingerprint density at radius 2 is 0.897 bits per heavy atom. The lowest BCUT2D eigenvalue weighted by Crippen LogP contribution is -1.93. The summed E-state index contributed by atoms with van der Waals surface area (Å²) in [4.78, 5) is 0. The zero-order chi connectivity index (χ0) is 25.5. The number of rotatable bonds is 2. The van der Waals surface area contributed by atoms with Gasteiger partial charge in [-0.15, -0.1) is 0 Å². The molecule has 0 radical (unpaired) electrons. The highest BCUT2D eigenvalue weighted by Gasteiger charge is 2.18. The van der Waals surface area contributed by atoms with E-state index in [0.717, 1.165) is 60.7 Å². The fraction of sp³-hybridized carbons (Fsp3) is 0. The van der Waals surface area contributed by atoms with Gasteiger partial charge in [-0.1, -0.05) is 91.0 Å². The van der Waals surface area contributed by atoms with Crippen molar-refractivity contribution in [3.8, 4) is 16.8 Å². The maximum atomic E-state index is 6.67. The van der Waals surface area contributed by atoms with Crippen molar-refractivity contribution in [2.24, 2.45) is 0 Å². The molecule has 0 N–H and O–H groups in total. The molecule has 0 amide bonds. The Labute approximate surface area is 223 Å². The SMILES string of the molecule is c1ccc2c(c1)oc1c(-c3cccc4c3oc3cc(-n5c6ccccc6c6ccccc65)ccc34)cccc12. The van der Waals surface area contributed by atoms with Crippen molar-refractivity contribution in [3.63, 3.8) is 0 Å². The van der Waals surface area contributed by atoms with Crippen LogP contribution in [-0.4, -0.2) is 4.57 Å². The van der Waals surface area contributed by atoms with Gasteiger partial charge in [-0.25, -0.2) is 0 Å². The van der Waals surface area contributed by atoms with Crippen LogP contribution >= 0.6 is 0 Å². The number of fused-ring (bicyclic) bond motifs is 9. The Hall–Kier alpha value is -5.28. The second-order valence-corrected chi connectivity index (χ2v) is 10.1. The molecule has 3 aromatic heterocycles. The molecule has 6 aromatic carbocycles. The molecule has 0 aliphatic carbocycles. The van der Waals surface area contributed by atoms with Gasteiger partial charge < -0.3 is 13.4 Å². The van der Waals surface area contributed by atoms with Crippen LogP contribution in [0.3, 0.4) is 0 Å². The van der Waals surface area contributed by atoms with Gasteiger partial charge in [0.15, 0.2) is 0 Å². The molecule has 0 aliphatic heterocycles. The highest BCUT2D eigenvalue weighted by molar-refractivity contribution is 6.15. The van der Waals surface area contributed by atoms with Gasteiger partial charge in [0.1, 0.15) is 22.3 Å². The van der Waals surface area contributed by atoms with Crippen molar-refractivity contribution in [1.29, 1.82) is 0 Å². The summed E-state index contributed by atoms with van der Waals surface area (Å²) < 4.78 is 15.4. The molecule has 182 valence electrons. The topological polar surface area (TPSA) is 31.2 Å². The first kappa shape index (κ1) is 20.7. The molecule has 39 heavy (non-hydrogen) atoms. The van der Waals surface area contributed by atoms with Gasteiger partial charge in [-0.05, 0) is 30.3 Å². The summed E-state index contributed by atoms with van der Waals surface area (Å²) >= 11 is 0. The van der Waals surface area contributed by atoms with Crippen LogP contribution in [0.25, 0.3) is 82.5 Å². The summed E-state index contributed by atoms with van der Waals surface area (Å²) in [6.07, 6.45) is 0. The van der Waals surface area contributed by atoms with E-state index < -0.39 is 0 Å². The zero-order valence-electron chi connectivity index (χ0n) is 20.9. The molecule has 0 bridgehead atoms. The maximum absolute atomic E-state index is 6.67. The number of benzene rings is 6. The fourth-order valence-electron chi connectivity index (χ4n) is 6.30. The first-order valence-corrected chi connectivity index (χ1v) is 13.2. The first-order valence-electron chi connectivity index (χ1n) is 13.2. The summed E-state index contributed by atoms with van der Waals surface area (Å²) in [6.45, 7) is 0. The quantitative estimate of drug-likeness (QED) is 0.237. The summed E-state index contributed by atoms with van der Waals surface area (Å²) in [5.74, 6) is 0. The van der Waals surface area contributed by atoms with Crippen LogP contribution in [0.4, 0.5) is 0 Å². The summed E-state index contributed by atoms with van der Waals surface area (Å²) in [5, 5.41) is 6.95. The van der Waals surface area contributed by atoms with Gasteiger partial charge in [0.25, 0.3) is 0 Å². The van der Waals surface area contributed by atoms with Gasteiger partial charge in [-0.3, -0.25) is 0 Å². The van der Waals surface area contributed by atoms with E-state index in [9.17, 15) is 0 Å². The van der Waals surface area contributed by atoms with Crippen molar-refractivity contribution < 1.29 is 8.83 Å². The van der Waals surface area contributed by atoms with Crippen LogP contribution < -0.4 is 0 Å². The highest BCUT2D eigenvalue weighted by Crippen LogP contribution is 2.41. The molecule has 3 heteroatoms. The molecule has 0 unspecified atom stereocenters. The zero-order valence-corrected chi connectivity index (χ0v) is 20.9. The van der Waals surface area contributed by atoms with E-state index in [1.165, 1.54) is 21.8 Å². The lowest BCUT2D eigenvalue weighted by Gasteiger charge is -2.07. The lowest BCUT2D eigenvalue weighted by molar-refractivity contribution is 0.665. The van der Waals surface area contributed by atoms with E-state index in [0.29, 0.717) is 0 Å². The number of aromatic nitrogens is 1. The van der Waals surface area contributed by atoms with Crippen molar-refractivity contribution >= 4 is 65.7 Å². The molecule has 0 saturated carbocycles. The van der Waals surface area contributed by atoms with Crippen LogP contribution in [-0.2, 0) is 0 Å². The Balaban J connectivity index is 1.30. The van der Waals surface area contributed by atoms with Crippen molar-refractivity contribution in [3.05, 3.63) is 127 Å². The maximum Gasteiger partial charge on any atom is 0.143 e. The minimum Gasteiger partial charge on any atom is -0.455 e. The Bertz CT molecular complexity index is 2350. The molecule has 0 atom stereocenters.